The van der Waals surface area contributed by atoms with Crippen molar-refractivity contribution in [3.63, 3.8) is 0 Å². The predicted molar refractivity (Wildman–Crippen MR) is 50.8 cm³/mol. The highest BCUT2D eigenvalue weighted by molar-refractivity contribution is 5.92. The molecule has 2 amide bonds. The van der Waals surface area contributed by atoms with Crippen molar-refractivity contribution in [1.82, 2.24) is 10.2 Å². The molecule has 0 aliphatic carbocycles. The van der Waals surface area contributed by atoms with E-state index in [-0.39, 0.29) is 12.5 Å². The van der Waals surface area contributed by atoms with Crippen LogP contribution in [0.25, 0.3) is 0 Å². The second-order valence-electron chi connectivity index (χ2n) is 3.38. The van der Waals surface area contributed by atoms with Crippen molar-refractivity contribution < 1.29 is 14.3 Å². The summed E-state index contributed by atoms with van der Waals surface area (Å²) in [5.41, 5.74) is 0. The van der Waals surface area contributed by atoms with Crippen molar-refractivity contribution in [3.8, 4) is 0 Å². The fraction of sp³-hybridized carbons (Fsp3) is 0.778. The van der Waals surface area contributed by atoms with E-state index >= 15 is 0 Å². The fourth-order valence-electron chi connectivity index (χ4n) is 1.52. The number of nitrogens with zero attached hydrogens (tertiary/aromatic N) is 1. The van der Waals surface area contributed by atoms with Crippen molar-refractivity contribution in [2.75, 3.05) is 26.7 Å². The third-order valence-corrected chi connectivity index (χ3v) is 2.24. The first-order valence-corrected chi connectivity index (χ1v) is 4.82. The summed E-state index contributed by atoms with van der Waals surface area (Å²) in [7, 11) is 1.24. The molecule has 0 aromatic rings. The lowest BCUT2D eigenvalue weighted by atomic mass is 10.1. The van der Waals surface area contributed by atoms with Gasteiger partial charge in [0.05, 0.1) is 13.7 Å². The van der Waals surface area contributed by atoms with Gasteiger partial charge in [0, 0.05) is 0 Å². The zero-order chi connectivity index (χ0) is 10.4. The van der Waals surface area contributed by atoms with Crippen LogP contribution in [0, 0.1) is 0 Å². The lowest BCUT2D eigenvalue weighted by molar-refractivity contribution is -0.121. The highest BCUT2D eigenvalue weighted by Gasteiger charge is 2.15. The number of amides is 2. The first-order chi connectivity index (χ1) is 6.72. The molecule has 1 fully saturated rings. The molecule has 1 aliphatic rings. The number of carbonyl (C=O) groups excluding carboxylic acids is 2. The summed E-state index contributed by atoms with van der Waals surface area (Å²) >= 11 is 0. The van der Waals surface area contributed by atoms with Gasteiger partial charge in [-0.2, -0.15) is 0 Å². The summed E-state index contributed by atoms with van der Waals surface area (Å²) in [6.07, 6.45) is 2.80. The SMILES string of the molecule is COC(=O)NC(=O)CN1CCCCC1. The number of likely N-dealkylation sites (tertiary alicyclic amines) is 1. The molecule has 0 atom stereocenters. The summed E-state index contributed by atoms with van der Waals surface area (Å²) in [6, 6.07) is 0. The monoisotopic (exact) mass is 200 g/mol. The van der Waals surface area contributed by atoms with Crippen LogP contribution in [0.3, 0.4) is 0 Å². The average molecular weight is 200 g/mol. The van der Waals surface area contributed by atoms with E-state index < -0.39 is 6.09 Å². The van der Waals surface area contributed by atoms with Gasteiger partial charge in [-0.3, -0.25) is 15.0 Å². The van der Waals surface area contributed by atoms with Crippen LogP contribution in [0.1, 0.15) is 19.3 Å². The van der Waals surface area contributed by atoms with Gasteiger partial charge in [-0.15, -0.1) is 0 Å². The second-order valence-corrected chi connectivity index (χ2v) is 3.38. The highest BCUT2D eigenvalue weighted by Crippen LogP contribution is 2.07. The zero-order valence-electron chi connectivity index (χ0n) is 8.41. The molecule has 1 aliphatic heterocycles. The van der Waals surface area contributed by atoms with Gasteiger partial charge in [-0.1, -0.05) is 6.42 Å². The molecule has 5 heteroatoms. The zero-order valence-corrected chi connectivity index (χ0v) is 8.41. The first kappa shape index (κ1) is 11.0. The van der Waals surface area contributed by atoms with Crippen LogP contribution in [0.15, 0.2) is 0 Å². The molecule has 0 radical (unpaired) electrons. The number of carbonyl (C=O) groups is 2. The molecule has 80 valence electrons. The van der Waals surface area contributed by atoms with E-state index in [0.29, 0.717) is 0 Å². The molecule has 0 aromatic carbocycles. The Kier molecular flexibility index (Phi) is 4.39. The van der Waals surface area contributed by atoms with Gasteiger partial charge in [0.1, 0.15) is 0 Å². The van der Waals surface area contributed by atoms with E-state index in [0.717, 1.165) is 25.9 Å². The molecule has 0 bridgehead atoms. The third kappa shape index (κ3) is 3.74. The number of imide groups is 1. The lowest BCUT2D eigenvalue weighted by Crippen LogP contribution is -2.41. The van der Waals surface area contributed by atoms with Crippen molar-refractivity contribution >= 4 is 12.0 Å². The Morgan fingerprint density at radius 1 is 1.29 bits per heavy atom. The Balaban J connectivity index is 2.21. The summed E-state index contributed by atoms with van der Waals surface area (Å²) in [5, 5.41) is 2.14. The normalized spacial score (nSPS) is 17.5. The van der Waals surface area contributed by atoms with Gasteiger partial charge < -0.3 is 4.74 Å². The third-order valence-electron chi connectivity index (χ3n) is 2.24. The number of alkyl carbamates (subject to hydrolysis) is 1. The summed E-state index contributed by atoms with van der Waals surface area (Å²) in [4.78, 5) is 24.0. The number of piperidine rings is 1. The smallest absolute Gasteiger partial charge is 0.413 e. The standard InChI is InChI=1S/C9H16N2O3/c1-14-9(13)10-8(12)7-11-5-3-2-4-6-11/h2-7H2,1H3,(H,10,12,13). The van der Waals surface area contributed by atoms with E-state index in [9.17, 15) is 9.59 Å². The molecule has 0 spiro atoms. The van der Waals surface area contributed by atoms with E-state index in [1.807, 2.05) is 4.90 Å². The van der Waals surface area contributed by atoms with E-state index in [1.165, 1.54) is 13.5 Å². The quantitative estimate of drug-likeness (QED) is 0.699. The van der Waals surface area contributed by atoms with E-state index in [4.69, 9.17) is 0 Å². The molecule has 0 saturated carbocycles. The van der Waals surface area contributed by atoms with Gasteiger partial charge in [0.15, 0.2) is 0 Å². The molecular weight excluding hydrogens is 184 g/mol. The summed E-state index contributed by atoms with van der Waals surface area (Å²) < 4.78 is 4.32. The Labute approximate surface area is 83.4 Å². The Morgan fingerprint density at radius 3 is 2.50 bits per heavy atom. The molecule has 0 aromatic heterocycles. The second kappa shape index (κ2) is 5.59. The largest absolute Gasteiger partial charge is 0.453 e. The van der Waals surface area contributed by atoms with Crippen LogP contribution in [0.5, 0.6) is 0 Å². The van der Waals surface area contributed by atoms with Gasteiger partial charge >= 0.3 is 6.09 Å². The number of ether oxygens (including phenoxy) is 1. The van der Waals surface area contributed by atoms with Crippen LogP contribution in [-0.2, 0) is 9.53 Å². The van der Waals surface area contributed by atoms with E-state index in [1.54, 1.807) is 0 Å². The van der Waals surface area contributed by atoms with Gasteiger partial charge in [0.2, 0.25) is 5.91 Å². The maximum Gasteiger partial charge on any atom is 0.413 e. The van der Waals surface area contributed by atoms with Gasteiger partial charge in [0.25, 0.3) is 0 Å². The van der Waals surface area contributed by atoms with Crippen LogP contribution in [0.2, 0.25) is 0 Å². The molecule has 5 nitrogen and oxygen atoms in total. The maximum atomic E-state index is 11.2. The fourth-order valence-corrected chi connectivity index (χ4v) is 1.52. The number of rotatable bonds is 2. The number of hydrogen-bond acceptors (Lipinski definition) is 4. The van der Waals surface area contributed by atoms with Crippen LogP contribution < -0.4 is 5.32 Å². The minimum Gasteiger partial charge on any atom is -0.453 e. The van der Waals surface area contributed by atoms with Crippen LogP contribution in [0.4, 0.5) is 4.79 Å². The topological polar surface area (TPSA) is 58.6 Å². The first-order valence-electron chi connectivity index (χ1n) is 4.82. The minimum absolute atomic E-state index is 0.287. The molecule has 1 N–H and O–H groups in total. The van der Waals surface area contributed by atoms with Crippen molar-refractivity contribution in [1.29, 1.82) is 0 Å². The maximum absolute atomic E-state index is 11.2. The Morgan fingerprint density at radius 2 is 1.93 bits per heavy atom. The molecular formula is C9H16N2O3. The number of hydrogen-bond donors (Lipinski definition) is 1. The van der Waals surface area contributed by atoms with Gasteiger partial charge in [-0.05, 0) is 25.9 Å². The predicted octanol–water partition coefficient (Wildman–Crippen LogP) is 0.355. The van der Waals surface area contributed by atoms with Crippen molar-refractivity contribution in [2.45, 2.75) is 19.3 Å². The average Bonchev–Trinajstić information content (AvgIpc) is 2.19. The number of methoxy groups -OCH3 is 1. The van der Waals surface area contributed by atoms with Crippen molar-refractivity contribution in [3.05, 3.63) is 0 Å². The molecule has 1 heterocycles. The highest BCUT2D eigenvalue weighted by atomic mass is 16.5. The summed E-state index contributed by atoms with van der Waals surface area (Å²) in [5.74, 6) is -0.293. The molecule has 0 unspecified atom stereocenters. The van der Waals surface area contributed by atoms with Crippen LogP contribution in [-0.4, -0.2) is 43.6 Å². The minimum atomic E-state index is -0.688. The van der Waals surface area contributed by atoms with Crippen molar-refractivity contribution in [2.24, 2.45) is 0 Å². The van der Waals surface area contributed by atoms with Crippen LogP contribution >= 0.6 is 0 Å². The Bertz CT molecular complexity index is 212. The van der Waals surface area contributed by atoms with E-state index in [2.05, 4.69) is 10.1 Å². The lowest BCUT2D eigenvalue weighted by Gasteiger charge is -2.25. The number of nitrogens with one attached hydrogen (secondary N) is 1. The summed E-state index contributed by atoms with van der Waals surface area (Å²) in [6.45, 7) is 2.16. The Hall–Kier alpha value is -1.10. The molecule has 1 rings (SSSR count). The molecule has 14 heavy (non-hydrogen) atoms. The molecule has 1 saturated heterocycles. The van der Waals surface area contributed by atoms with Gasteiger partial charge in [-0.25, -0.2) is 4.79 Å².